The SMILES string of the molecule is CCCC1CCC(NC)C(CN(C)c2ccccc2C)C1. The molecule has 0 spiro atoms. The molecule has 1 fully saturated rings. The molecule has 3 atom stereocenters. The Morgan fingerprint density at radius 1 is 1.24 bits per heavy atom. The number of hydrogen-bond acceptors (Lipinski definition) is 2. The molecule has 1 aliphatic carbocycles. The van der Waals surface area contributed by atoms with Gasteiger partial charge in [-0.15, -0.1) is 0 Å². The molecule has 1 aromatic rings. The summed E-state index contributed by atoms with van der Waals surface area (Å²) in [6, 6.07) is 9.42. The highest BCUT2D eigenvalue weighted by atomic mass is 15.1. The monoisotopic (exact) mass is 288 g/mol. The third-order valence-electron chi connectivity index (χ3n) is 5.19. The predicted octanol–water partition coefficient (Wildman–Crippen LogP) is 4.24. The number of para-hydroxylation sites is 1. The van der Waals surface area contributed by atoms with E-state index in [0.29, 0.717) is 6.04 Å². The Morgan fingerprint density at radius 3 is 2.67 bits per heavy atom. The average molecular weight is 288 g/mol. The second-order valence-corrected chi connectivity index (χ2v) is 6.79. The molecule has 1 aliphatic rings. The third-order valence-corrected chi connectivity index (χ3v) is 5.19. The normalized spacial score (nSPS) is 25.8. The average Bonchev–Trinajstić information content (AvgIpc) is 2.48. The minimum atomic E-state index is 0.685. The van der Waals surface area contributed by atoms with Crippen molar-refractivity contribution >= 4 is 5.69 Å². The van der Waals surface area contributed by atoms with Gasteiger partial charge < -0.3 is 10.2 Å². The van der Waals surface area contributed by atoms with Crippen LogP contribution in [0.2, 0.25) is 0 Å². The molecule has 1 N–H and O–H groups in total. The van der Waals surface area contributed by atoms with Crippen LogP contribution in [0.15, 0.2) is 24.3 Å². The second kappa shape index (κ2) is 7.84. The van der Waals surface area contributed by atoms with Gasteiger partial charge in [-0.25, -0.2) is 0 Å². The molecule has 21 heavy (non-hydrogen) atoms. The molecule has 0 amide bonds. The number of hydrogen-bond donors (Lipinski definition) is 1. The highest BCUT2D eigenvalue weighted by Crippen LogP contribution is 2.33. The Hall–Kier alpha value is -1.02. The Morgan fingerprint density at radius 2 is 2.00 bits per heavy atom. The number of anilines is 1. The lowest BCUT2D eigenvalue weighted by molar-refractivity contribution is 0.205. The molecule has 1 saturated carbocycles. The van der Waals surface area contributed by atoms with Crippen LogP contribution in [0.25, 0.3) is 0 Å². The highest BCUT2D eigenvalue weighted by Gasteiger charge is 2.30. The van der Waals surface area contributed by atoms with Gasteiger partial charge in [0.25, 0.3) is 0 Å². The van der Waals surface area contributed by atoms with E-state index in [1.807, 2.05) is 0 Å². The van der Waals surface area contributed by atoms with Crippen LogP contribution < -0.4 is 10.2 Å². The first-order valence-corrected chi connectivity index (χ1v) is 8.59. The maximum Gasteiger partial charge on any atom is 0.0393 e. The zero-order chi connectivity index (χ0) is 15.2. The number of nitrogens with zero attached hydrogens (tertiary/aromatic N) is 1. The van der Waals surface area contributed by atoms with Gasteiger partial charge in [0.05, 0.1) is 0 Å². The van der Waals surface area contributed by atoms with Crippen LogP contribution in [-0.4, -0.2) is 26.7 Å². The standard InChI is InChI=1S/C19H32N2/c1-5-8-16-11-12-18(20-3)17(13-16)14-21(4)19-10-7-6-9-15(19)2/h6-7,9-10,16-18,20H,5,8,11-14H2,1-4H3. The second-order valence-electron chi connectivity index (χ2n) is 6.79. The Bertz CT molecular complexity index is 429. The molecular formula is C19H32N2. The van der Waals surface area contributed by atoms with Gasteiger partial charge in [0, 0.05) is 25.3 Å². The van der Waals surface area contributed by atoms with Gasteiger partial charge in [-0.05, 0) is 56.7 Å². The summed E-state index contributed by atoms with van der Waals surface area (Å²) in [5, 5.41) is 3.56. The molecule has 2 rings (SSSR count). The van der Waals surface area contributed by atoms with Crippen LogP contribution in [-0.2, 0) is 0 Å². The van der Waals surface area contributed by atoms with Gasteiger partial charge in [-0.1, -0.05) is 38.0 Å². The van der Waals surface area contributed by atoms with E-state index in [-0.39, 0.29) is 0 Å². The van der Waals surface area contributed by atoms with Crippen molar-refractivity contribution in [3.05, 3.63) is 29.8 Å². The maximum atomic E-state index is 3.56. The topological polar surface area (TPSA) is 15.3 Å². The van der Waals surface area contributed by atoms with Crippen molar-refractivity contribution in [1.82, 2.24) is 5.32 Å². The summed E-state index contributed by atoms with van der Waals surface area (Å²) < 4.78 is 0. The van der Waals surface area contributed by atoms with Gasteiger partial charge in [0.1, 0.15) is 0 Å². The Labute approximate surface area is 130 Å². The van der Waals surface area contributed by atoms with Crippen molar-refractivity contribution in [2.24, 2.45) is 11.8 Å². The minimum Gasteiger partial charge on any atom is -0.374 e. The number of nitrogens with one attached hydrogen (secondary N) is 1. The van der Waals surface area contributed by atoms with E-state index in [1.165, 1.54) is 43.4 Å². The van der Waals surface area contributed by atoms with Gasteiger partial charge in [-0.2, -0.15) is 0 Å². The van der Waals surface area contributed by atoms with Crippen LogP contribution in [0.1, 0.15) is 44.6 Å². The number of aryl methyl sites for hydroxylation is 1. The first kappa shape index (κ1) is 16.4. The molecule has 118 valence electrons. The summed E-state index contributed by atoms with van der Waals surface area (Å²) >= 11 is 0. The zero-order valence-electron chi connectivity index (χ0n) is 14.2. The van der Waals surface area contributed by atoms with Gasteiger partial charge in [0.15, 0.2) is 0 Å². The molecule has 2 heteroatoms. The fourth-order valence-corrected chi connectivity index (χ4v) is 4.06. The van der Waals surface area contributed by atoms with Crippen molar-refractivity contribution in [3.63, 3.8) is 0 Å². The van der Waals surface area contributed by atoms with Crippen LogP contribution in [0.4, 0.5) is 5.69 Å². The van der Waals surface area contributed by atoms with Crippen molar-refractivity contribution < 1.29 is 0 Å². The van der Waals surface area contributed by atoms with Gasteiger partial charge >= 0.3 is 0 Å². The fraction of sp³-hybridized carbons (Fsp3) is 0.684. The largest absolute Gasteiger partial charge is 0.374 e. The summed E-state index contributed by atoms with van der Waals surface area (Å²) in [5.41, 5.74) is 2.76. The quantitative estimate of drug-likeness (QED) is 0.842. The van der Waals surface area contributed by atoms with E-state index in [4.69, 9.17) is 0 Å². The van der Waals surface area contributed by atoms with Crippen LogP contribution in [0, 0.1) is 18.8 Å². The molecule has 0 bridgehead atoms. The Balaban J connectivity index is 2.02. The number of benzene rings is 1. The predicted molar refractivity (Wildman–Crippen MR) is 93.0 cm³/mol. The molecule has 0 aromatic heterocycles. The highest BCUT2D eigenvalue weighted by molar-refractivity contribution is 5.52. The van der Waals surface area contributed by atoms with Crippen molar-refractivity contribution in [2.75, 3.05) is 25.5 Å². The zero-order valence-corrected chi connectivity index (χ0v) is 14.2. The molecule has 2 nitrogen and oxygen atoms in total. The smallest absolute Gasteiger partial charge is 0.0393 e. The van der Waals surface area contributed by atoms with E-state index in [9.17, 15) is 0 Å². The van der Waals surface area contributed by atoms with Crippen molar-refractivity contribution in [2.45, 2.75) is 52.0 Å². The van der Waals surface area contributed by atoms with E-state index in [2.05, 4.69) is 62.4 Å². The van der Waals surface area contributed by atoms with Gasteiger partial charge in [-0.3, -0.25) is 0 Å². The molecule has 0 radical (unpaired) electrons. The molecule has 3 unspecified atom stereocenters. The number of rotatable bonds is 6. The van der Waals surface area contributed by atoms with Crippen molar-refractivity contribution in [1.29, 1.82) is 0 Å². The molecular weight excluding hydrogens is 256 g/mol. The summed E-state index contributed by atoms with van der Waals surface area (Å²) in [7, 11) is 4.38. The first-order chi connectivity index (χ1) is 10.2. The lowest BCUT2D eigenvalue weighted by Gasteiger charge is -2.39. The lowest BCUT2D eigenvalue weighted by Crippen LogP contribution is -2.44. The first-order valence-electron chi connectivity index (χ1n) is 8.59. The van der Waals surface area contributed by atoms with Crippen LogP contribution in [0.5, 0.6) is 0 Å². The van der Waals surface area contributed by atoms with E-state index >= 15 is 0 Å². The maximum absolute atomic E-state index is 3.56. The molecule has 1 aromatic carbocycles. The molecule has 0 aliphatic heterocycles. The van der Waals surface area contributed by atoms with Gasteiger partial charge in [0.2, 0.25) is 0 Å². The van der Waals surface area contributed by atoms with Crippen molar-refractivity contribution in [3.8, 4) is 0 Å². The van der Waals surface area contributed by atoms with E-state index in [0.717, 1.165) is 18.4 Å². The minimum absolute atomic E-state index is 0.685. The summed E-state index contributed by atoms with van der Waals surface area (Å²) in [6.45, 7) is 5.69. The van der Waals surface area contributed by atoms with E-state index < -0.39 is 0 Å². The molecule has 0 heterocycles. The Kier molecular flexibility index (Phi) is 6.10. The molecule has 0 saturated heterocycles. The van der Waals surface area contributed by atoms with Crippen LogP contribution in [0.3, 0.4) is 0 Å². The lowest BCUT2D eigenvalue weighted by atomic mass is 9.76. The summed E-state index contributed by atoms with van der Waals surface area (Å²) in [6.07, 6.45) is 6.86. The summed E-state index contributed by atoms with van der Waals surface area (Å²) in [5.74, 6) is 1.71. The fourth-order valence-electron chi connectivity index (χ4n) is 4.06. The van der Waals surface area contributed by atoms with E-state index in [1.54, 1.807) is 0 Å². The third kappa shape index (κ3) is 4.23. The summed E-state index contributed by atoms with van der Waals surface area (Å²) in [4.78, 5) is 2.46. The van der Waals surface area contributed by atoms with Crippen LogP contribution >= 0.6 is 0 Å².